The van der Waals surface area contributed by atoms with Crippen molar-refractivity contribution in [2.75, 3.05) is 31.1 Å². The number of rotatable bonds is 3. The summed E-state index contributed by atoms with van der Waals surface area (Å²) in [4.78, 5) is 16.9. The molecule has 1 aliphatic rings. The van der Waals surface area contributed by atoms with Crippen LogP contribution in [-0.4, -0.2) is 37.1 Å². The van der Waals surface area contributed by atoms with Gasteiger partial charge in [0.2, 0.25) is 0 Å². The summed E-state index contributed by atoms with van der Waals surface area (Å²) in [6, 6.07) is 19.0. The third kappa shape index (κ3) is 4.82. The Morgan fingerprint density at radius 2 is 1.52 bits per heavy atom. The molecule has 1 heterocycles. The van der Waals surface area contributed by atoms with E-state index in [1.165, 1.54) is 11.3 Å². The van der Waals surface area contributed by atoms with E-state index in [1.54, 1.807) is 0 Å². The average molecular weight is 366 g/mol. The van der Waals surface area contributed by atoms with Gasteiger partial charge < -0.3 is 15.1 Å². The molecule has 2 amide bonds. The fourth-order valence-corrected chi connectivity index (χ4v) is 3.44. The van der Waals surface area contributed by atoms with Crippen LogP contribution in [0.25, 0.3) is 0 Å². The van der Waals surface area contributed by atoms with Crippen molar-refractivity contribution in [3.05, 3.63) is 65.7 Å². The first-order valence-corrected chi connectivity index (χ1v) is 9.80. The van der Waals surface area contributed by atoms with E-state index in [4.69, 9.17) is 0 Å². The van der Waals surface area contributed by atoms with Gasteiger partial charge in [-0.15, -0.1) is 0 Å². The first kappa shape index (κ1) is 19.3. The van der Waals surface area contributed by atoms with Gasteiger partial charge in [-0.3, -0.25) is 0 Å². The van der Waals surface area contributed by atoms with Gasteiger partial charge in [-0.05, 0) is 35.6 Å². The van der Waals surface area contributed by atoms with Crippen LogP contribution in [0.2, 0.25) is 0 Å². The van der Waals surface area contributed by atoms with E-state index in [0.29, 0.717) is 0 Å². The van der Waals surface area contributed by atoms with Crippen molar-refractivity contribution in [1.82, 2.24) is 10.2 Å². The maximum Gasteiger partial charge on any atom is 0.317 e. The normalized spacial score (nSPS) is 16.1. The third-order valence-electron chi connectivity index (χ3n) is 5.30. The number of carbonyl (C=O) groups is 1. The molecule has 4 nitrogen and oxygen atoms in total. The Hall–Kier alpha value is -2.49. The van der Waals surface area contributed by atoms with Gasteiger partial charge in [0.25, 0.3) is 0 Å². The number of hydrogen-bond donors (Lipinski definition) is 1. The highest BCUT2D eigenvalue weighted by Crippen LogP contribution is 2.25. The summed E-state index contributed by atoms with van der Waals surface area (Å²) in [6.07, 6.45) is 0. The highest BCUT2D eigenvalue weighted by molar-refractivity contribution is 5.75. The molecule has 1 saturated heterocycles. The third-order valence-corrected chi connectivity index (χ3v) is 5.30. The first-order valence-electron chi connectivity index (χ1n) is 9.80. The molecule has 0 aliphatic carbocycles. The molecule has 0 radical (unpaired) electrons. The lowest BCUT2D eigenvalue weighted by atomic mass is 9.87. The molecule has 2 aromatic rings. The summed E-state index contributed by atoms with van der Waals surface area (Å²) in [5.74, 6) is 0. The molecular formula is C23H31N3O. The van der Waals surface area contributed by atoms with E-state index < -0.39 is 0 Å². The van der Waals surface area contributed by atoms with Crippen LogP contribution in [0.15, 0.2) is 54.6 Å². The molecule has 0 bridgehead atoms. The molecule has 0 saturated carbocycles. The molecular weight excluding hydrogens is 334 g/mol. The van der Waals surface area contributed by atoms with Gasteiger partial charge in [-0.25, -0.2) is 4.79 Å². The molecule has 2 aromatic carbocycles. The summed E-state index contributed by atoms with van der Waals surface area (Å²) < 4.78 is 0. The fourth-order valence-electron chi connectivity index (χ4n) is 3.44. The lowest BCUT2D eigenvalue weighted by Gasteiger charge is -2.36. The highest BCUT2D eigenvalue weighted by Gasteiger charge is 2.23. The van der Waals surface area contributed by atoms with Crippen LogP contribution in [0.5, 0.6) is 0 Å². The van der Waals surface area contributed by atoms with E-state index in [1.807, 2.05) is 42.2 Å². The Morgan fingerprint density at radius 3 is 2.07 bits per heavy atom. The second-order valence-corrected chi connectivity index (χ2v) is 8.35. The van der Waals surface area contributed by atoms with Crippen molar-refractivity contribution in [2.24, 2.45) is 0 Å². The van der Waals surface area contributed by atoms with Crippen LogP contribution >= 0.6 is 0 Å². The van der Waals surface area contributed by atoms with Crippen LogP contribution in [0.4, 0.5) is 10.5 Å². The molecule has 144 valence electrons. The van der Waals surface area contributed by atoms with Crippen molar-refractivity contribution in [1.29, 1.82) is 0 Å². The van der Waals surface area contributed by atoms with Crippen molar-refractivity contribution < 1.29 is 4.79 Å². The number of urea groups is 1. The first-order chi connectivity index (χ1) is 12.8. The van der Waals surface area contributed by atoms with Crippen molar-refractivity contribution in [3.8, 4) is 0 Å². The van der Waals surface area contributed by atoms with Crippen LogP contribution in [0.3, 0.4) is 0 Å². The summed E-state index contributed by atoms with van der Waals surface area (Å²) in [5.41, 5.74) is 3.88. The number of carbonyl (C=O) groups excluding carboxylic acids is 1. The number of amides is 2. The van der Waals surface area contributed by atoms with Crippen LogP contribution < -0.4 is 10.2 Å². The summed E-state index contributed by atoms with van der Waals surface area (Å²) in [7, 11) is 0. The smallest absolute Gasteiger partial charge is 0.317 e. The van der Waals surface area contributed by atoms with E-state index >= 15 is 0 Å². The lowest BCUT2D eigenvalue weighted by molar-refractivity contribution is 0.191. The zero-order chi connectivity index (χ0) is 19.4. The van der Waals surface area contributed by atoms with E-state index in [-0.39, 0.29) is 17.5 Å². The Labute approximate surface area is 163 Å². The van der Waals surface area contributed by atoms with E-state index in [0.717, 1.165) is 31.7 Å². The Kier molecular flexibility index (Phi) is 5.73. The van der Waals surface area contributed by atoms with Gasteiger partial charge >= 0.3 is 6.03 Å². The van der Waals surface area contributed by atoms with Gasteiger partial charge in [0, 0.05) is 31.9 Å². The zero-order valence-electron chi connectivity index (χ0n) is 16.9. The number of anilines is 1. The van der Waals surface area contributed by atoms with Crippen LogP contribution in [0.1, 0.15) is 44.9 Å². The standard InChI is InChI=1S/C23H31N3O/c1-18(19-8-6-5-7-9-19)24-22(27)26-16-14-25(15-17-26)21-12-10-20(11-13-21)23(2,3)4/h5-13,18H,14-17H2,1-4H3,(H,24,27). The molecule has 1 atom stereocenters. The maximum absolute atomic E-state index is 12.6. The molecule has 1 aliphatic heterocycles. The molecule has 1 N–H and O–H groups in total. The fraction of sp³-hybridized carbons (Fsp3) is 0.435. The van der Waals surface area contributed by atoms with Gasteiger partial charge in [0.05, 0.1) is 6.04 Å². The molecule has 1 fully saturated rings. The van der Waals surface area contributed by atoms with Gasteiger partial charge in [0.15, 0.2) is 0 Å². The predicted molar refractivity (Wildman–Crippen MR) is 112 cm³/mol. The molecule has 0 spiro atoms. The molecule has 4 heteroatoms. The zero-order valence-corrected chi connectivity index (χ0v) is 16.9. The van der Waals surface area contributed by atoms with Crippen molar-refractivity contribution in [2.45, 2.75) is 39.2 Å². The van der Waals surface area contributed by atoms with E-state index in [9.17, 15) is 4.79 Å². The minimum Gasteiger partial charge on any atom is -0.368 e. The molecule has 1 unspecified atom stereocenters. The number of piperazine rings is 1. The van der Waals surface area contributed by atoms with Gasteiger partial charge in [-0.1, -0.05) is 63.2 Å². The molecule has 27 heavy (non-hydrogen) atoms. The van der Waals surface area contributed by atoms with E-state index in [2.05, 4.69) is 55.3 Å². The quantitative estimate of drug-likeness (QED) is 0.864. The molecule has 0 aromatic heterocycles. The predicted octanol–water partition coefficient (Wildman–Crippen LogP) is 4.58. The lowest BCUT2D eigenvalue weighted by Crippen LogP contribution is -2.52. The molecule has 3 rings (SSSR count). The number of nitrogens with zero attached hydrogens (tertiary/aromatic N) is 2. The summed E-state index contributed by atoms with van der Waals surface area (Å²) in [6.45, 7) is 11.9. The minimum atomic E-state index is 0.0154. The Bertz CT molecular complexity index is 741. The highest BCUT2D eigenvalue weighted by atomic mass is 16.2. The summed E-state index contributed by atoms with van der Waals surface area (Å²) in [5, 5.41) is 3.11. The van der Waals surface area contributed by atoms with Gasteiger partial charge in [0.1, 0.15) is 0 Å². The maximum atomic E-state index is 12.6. The van der Waals surface area contributed by atoms with Gasteiger partial charge in [-0.2, -0.15) is 0 Å². The minimum absolute atomic E-state index is 0.0154. The second kappa shape index (κ2) is 8.03. The van der Waals surface area contributed by atoms with Crippen LogP contribution in [0, 0.1) is 0 Å². The number of nitrogens with one attached hydrogen (secondary N) is 1. The van der Waals surface area contributed by atoms with Crippen molar-refractivity contribution in [3.63, 3.8) is 0 Å². The Balaban J connectivity index is 1.53. The second-order valence-electron chi connectivity index (χ2n) is 8.35. The van der Waals surface area contributed by atoms with Crippen molar-refractivity contribution >= 4 is 11.7 Å². The monoisotopic (exact) mass is 365 g/mol. The SMILES string of the molecule is CC(NC(=O)N1CCN(c2ccc(C(C)(C)C)cc2)CC1)c1ccccc1. The average Bonchev–Trinajstić information content (AvgIpc) is 2.68. The topological polar surface area (TPSA) is 35.6 Å². The summed E-state index contributed by atoms with van der Waals surface area (Å²) >= 11 is 0. The number of benzene rings is 2. The largest absolute Gasteiger partial charge is 0.368 e. The number of hydrogen-bond acceptors (Lipinski definition) is 2. The van der Waals surface area contributed by atoms with Crippen LogP contribution in [-0.2, 0) is 5.41 Å². The Morgan fingerprint density at radius 1 is 0.926 bits per heavy atom.